The summed E-state index contributed by atoms with van der Waals surface area (Å²) in [5.74, 6) is 0. The third kappa shape index (κ3) is 1.60. The molecular formula is C13H13N3O2. The Kier molecular flexibility index (Phi) is 2.42. The van der Waals surface area contributed by atoms with Gasteiger partial charge in [-0.05, 0) is 18.9 Å². The van der Waals surface area contributed by atoms with Crippen LogP contribution in [-0.4, -0.2) is 25.2 Å². The van der Waals surface area contributed by atoms with Crippen molar-refractivity contribution in [3.8, 4) is 0 Å². The van der Waals surface area contributed by atoms with Crippen LogP contribution in [0.3, 0.4) is 0 Å². The highest BCUT2D eigenvalue weighted by Gasteiger charge is 2.47. The van der Waals surface area contributed by atoms with E-state index in [4.69, 9.17) is 0 Å². The Morgan fingerprint density at radius 2 is 2.11 bits per heavy atom. The lowest BCUT2D eigenvalue weighted by atomic mass is 10.0. The van der Waals surface area contributed by atoms with E-state index in [1.807, 2.05) is 24.3 Å². The number of hydrogen-bond acceptors (Lipinski definition) is 3. The highest BCUT2D eigenvalue weighted by molar-refractivity contribution is 5.95. The van der Waals surface area contributed by atoms with Gasteiger partial charge in [0.25, 0.3) is 0 Å². The Labute approximate surface area is 105 Å². The molecule has 5 nitrogen and oxygen atoms in total. The largest absolute Gasteiger partial charge is 0.336 e. The molecule has 0 radical (unpaired) electrons. The molecule has 0 spiro atoms. The summed E-state index contributed by atoms with van der Waals surface area (Å²) in [7, 11) is 0. The summed E-state index contributed by atoms with van der Waals surface area (Å²) in [6.45, 7) is 1.30. The summed E-state index contributed by atoms with van der Waals surface area (Å²) in [5.41, 5.74) is 1.36. The smallest absolute Gasteiger partial charge is 0.322 e. The molecule has 1 aliphatic carbocycles. The minimum absolute atomic E-state index is 0.0895. The van der Waals surface area contributed by atoms with Crippen LogP contribution in [0.5, 0.6) is 0 Å². The molecule has 1 aliphatic heterocycles. The van der Waals surface area contributed by atoms with Crippen molar-refractivity contribution >= 4 is 17.8 Å². The number of amides is 2. The van der Waals surface area contributed by atoms with E-state index in [0.717, 1.165) is 24.1 Å². The number of para-hydroxylation sites is 1. The Morgan fingerprint density at radius 3 is 2.72 bits per heavy atom. The summed E-state index contributed by atoms with van der Waals surface area (Å²) in [4.78, 5) is 27.9. The van der Waals surface area contributed by atoms with Crippen molar-refractivity contribution < 1.29 is 9.59 Å². The topological polar surface area (TPSA) is 61.8 Å². The number of nitrogens with one attached hydrogen (secondary N) is 1. The third-order valence-electron chi connectivity index (χ3n) is 3.54. The van der Waals surface area contributed by atoms with Gasteiger partial charge >= 0.3 is 6.03 Å². The van der Waals surface area contributed by atoms with Crippen LogP contribution in [0.4, 0.5) is 10.5 Å². The highest BCUT2D eigenvalue weighted by atomic mass is 16.2. The van der Waals surface area contributed by atoms with Crippen LogP contribution in [0, 0.1) is 0 Å². The molecule has 3 rings (SSSR count). The molecule has 1 saturated carbocycles. The van der Waals surface area contributed by atoms with Gasteiger partial charge in [-0.25, -0.2) is 9.59 Å². The maximum absolute atomic E-state index is 11.7. The summed E-state index contributed by atoms with van der Waals surface area (Å²) >= 11 is 0. The highest BCUT2D eigenvalue weighted by Crippen LogP contribution is 2.52. The van der Waals surface area contributed by atoms with Gasteiger partial charge in [-0.2, -0.15) is 4.99 Å². The second kappa shape index (κ2) is 3.96. The molecule has 0 bridgehead atoms. The van der Waals surface area contributed by atoms with Gasteiger partial charge in [-0.15, -0.1) is 0 Å². The van der Waals surface area contributed by atoms with Crippen molar-refractivity contribution in [1.29, 1.82) is 0 Å². The van der Waals surface area contributed by atoms with Crippen LogP contribution in [0.2, 0.25) is 0 Å². The Morgan fingerprint density at radius 1 is 1.33 bits per heavy atom. The first kappa shape index (κ1) is 11.0. The van der Waals surface area contributed by atoms with E-state index < -0.39 is 5.54 Å². The summed E-state index contributed by atoms with van der Waals surface area (Å²) in [6, 6.07) is 7.56. The molecule has 1 N–H and O–H groups in total. The Hall–Kier alpha value is -2.13. The van der Waals surface area contributed by atoms with Gasteiger partial charge < -0.3 is 5.32 Å². The van der Waals surface area contributed by atoms with Gasteiger partial charge in [0.2, 0.25) is 6.08 Å². The lowest BCUT2D eigenvalue weighted by molar-refractivity contribution is 0.252. The molecule has 1 aromatic rings. The number of benzene rings is 1. The second-order valence-corrected chi connectivity index (χ2v) is 4.64. The van der Waals surface area contributed by atoms with Gasteiger partial charge in [0.05, 0.1) is 5.69 Å². The van der Waals surface area contributed by atoms with Crippen molar-refractivity contribution in [2.75, 3.05) is 18.0 Å². The summed E-state index contributed by atoms with van der Waals surface area (Å²) < 4.78 is 0. The van der Waals surface area contributed by atoms with Gasteiger partial charge in [-0.1, -0.05) is 18.2 Å². The number of carbonyl (C=O) groups excluding carboxylic acids is 2. The molecule has 0 aromatic heterocycles. The molecule has 2 amide bonds. The maximum Gasteiger partial charge on any atom is 0.322 e. The standard InChI is InChI=1S/C13H13N3O2/c17-9-15-13(5-6-13)10-3-1-2-4-11(10)16-8-7-14-12(16)18/h1-4H,5-8H2,(H,14,18). The van der Waals surface area contributed by atoms with Gasteiger partial charge in [-0.3, -0.25) is 4.90 Å². The van der Waals surface area contributed by atoms with Crippen LogP contribution in [0.15, 0.2) is 29.3 Å². The fourth-order valence-corrected chi connectivity index (χ4v) is 2.45. The quantitative estimate of drug-likeness (QED) is 0.646. The third-order valence-corrected chi connectivity index (χ3v) is 3.54. The summed E-state index contributed by atoms with van der Waals surface area (Å²) in [6.07, 6.45) is 3.34. The van der Waals surface area contributed by atoms with E-state index in [9.17, 15) is 9.59 Å². The van der Waals surface area contributed by atoms with Crippen LogP contribution < -0.4 is 10.2 Å². The molecule has 18 heavy (non-hydrogen) atoms. The van der Waals surface area contributed by atoms with E-state index >= 15 is 0 Å². The van der Waals surface area contributed by atoms with E-state index in [1.54, 1.807) is 11.0 Å². The maximum atomic E-state index is 11.7. The number of nitrogens with zero attached hydrogens (tertiary/aromatic N) is 2. The van der Waals surface area contributed by atoms with Gasteiger partial charge in [0, 0.05) is 18.7 Å². The molecule has 2 fully saturated rings. The van der Waals surface area contributed by atoms with Gasteiger partial charge in [0.15, 0.2) is 0 Å². The van der Waals surface area contributed by atoms with Crippen LogP contribution in [0.1, 0.15) is 18.4 Å². The van der Waals surface area contributed by atoms with Crippen molar-refractivity contribution in [1.82, 2.24) is 5.32 Å². The van der Waals surface area contributed by atoms with E-state index in [1.165, 1.54) is 0 Å². The lowest BCUT2D eigenvalue weighted by Gasteiger charge is -2.21. The average molecular weight is 243 g/mol. The first-order chi connectivity index (χ1) is 8.77. The molecule has 0 atom stereocenters. The van der Waals surface area contributed by atoms with Crippen LogP contribution in [-0.2, 0) is 10.3 Å². The zero-order valence-corrected chi connectivity index (χ0v) is 9.85. The predicted octanol–water partition coefficient (Wildman–Crippen LogP) is 1.54. The molecule has 1 heterocycles. The average Bonchev–Trinajstić information content (AvgIpc) is 3.04. The number of carbonyl (C=O) groups is 1. The Balaban J connectivity index is 2.05. The molecule has 5 heteroatoms. The fraction of sp³-hybridized carbons (Fsp3) is 0.385. The molecule has 92 valence electrons. The first-order valence-corrected chi connectivity index (χ1v) is 6.01. The zero-order valence-electron chi connectivity index (χ0n) is 9.85. The number of isocyanates is 1. The minimum Gasteiger partial charge on any atom is -0.336 e. The van der Waals surface area contributed by atoms with Crippen molar-refractivity contribution in [3.63, 3.8) is 0 Å². The van der Waals surface area contributed by atoms with E-state index in [-0.39, 0.29) is 6.03 Å². The second-order valence-electron chi connectivity index (χ2n) is 4.64. The number of anilines is 1. The fourth-order valence-electron chi connectivity index (χ4n) is 2.45. The molecule has 1 aromatic carbocycles. The molecule has 0 unspecified atom stereocenters. The molecule has 2 aliphatic rings. The normalized spacial score (nSPS) is 20.2. The van der Waals surface area contributed by atoms with Crippen molar-refractivity contribution in [3.05, 3.63) is 29.8 Å². The van der Waals surface area contributed by atoms with Crippen LogP contribution in [0.25, 0.3) is 0 Å². The number of aliphatic imine (C=N–C) groups is 1. The number of urea groups is 1. The van der Waals surface area contributed by atoms with E-state index in [0.29, 0.717) is 13.1 Å². The molecule has 1 saturated heterocycles. The van der Waals surface area contributed by atoms with Crippen molar-refractivity contribution in [2.24, 2.45) is 4.99 Å². The zero-order chi connectivity index (χ0) is 12.6. The number of rotatable bonds is 3. The summed E-state index contributed by atoms with van der Waals surface area (Å²) in [5, 5.41) is 2.78. The predicted molar refractivity (Wildman–Crippen MR) is 66.2 cm³/mol. The van der Waals surface area contributed by atoms with Crippen molar-refractivity contribution in [2.45, 2.75) is 18.4 Å². The lowest BCUT2D eigenvalue weighted by Crippen LogP contribution is -2.29. The minimum atomic E-state index is -0.443. The molecular weight excluding hydrogens is 230 g/mol. The van der Waals surface area contributed by atoms with E-state index in [2.05, 4.69) is 10.3 Å². The first-order valence-electron chi connectivity index (χ1n) is 6.01. The SMILES string of the molecule is O=C=NC1(c2ccccc2N2CCNC2=O)CC1. The monoisotopic (exact) mass is 243 g/mol. The number of hydrogen-bond donors (Lipinski definition) is 1. The van der Waals surface area contributed by atoms with Crippen LogP contribution >= 0.6 is 0 Å². The van der Waals surface area contributed by atoms with Gasteiger partial charge in [0.1, 0.15) is 5.54 Å². The Bertz CT molecular complexity index is 545.